The van der Waals surface area contributed by atoms with Crippen molar-refractivity contribution in [2.75, 3.05) is 18.2 Å². The molecule has 0 aromatic heterocycles. The van der Waals surface area contributed by atoms with Crippen LogP contribution in [0.4, 0.5) is 0 Å². The van der Waals surface area contributed by atoms with Crippen LogP contribution in [0.2, 0.25) is 0 Å². The molecule has 0 aromatic carbocycles. The SMILES string of the molecule is CS(=O)(=O)CCCP. The van der Waals surface area contributed by atoms with Crippen LogP contribution in [0.15, 0.2) is 0 Å². The summed E-state index contributed by atoms with van der Waals surface area (Å²) in [7, 11) is -0.207. The molecular weight excluding hydrogens is 143 g/mol. The van der Waals surface area contributed by atoms with E-state index in [-0.39, 0.29) is 0 Å². The van der Waals surface area contributed by atoms with Crippen LogP contribution in [0.1, 0.15) is 6.42 Å². The first-order chi connectivity index (χ1) is 3.56. The molecule has 1 unspecified atom stereocenters. The molecule has 0 bridgehead atoms. The summed E-state index contributed by atoms with van der Waals surface area (Å²) in [5.41, 5.74) is 0. The standard InChI is InChI=1S/C4H11O2PS/c1-8(5,6)4-2-3-7/h2-4,7H2,1H3. The monoisotopic (exact) mass is 154 g/mol. The maximum atomic E-state index is 10.4. The zero-order chi connectivity index (χ0) is 6.62. The normalized spacial score (nSPS) is 11.8. The lowest BCUT2D eigenvalue weighted by atomic mass is 10.6. The third-order valence-corrected chi connectivity index (χ3v) is 2.16. The number of hydrogen-bond acceptors (Lipinski definition) is 2. The van der Waals surface area contributed by atoms with Crippen molar-refractivity contribution in [2.24, 2.45) is 0 Å². The van der Waals surface area contributed by atoms with Crippen molar-refractivity contribution in [3.8, 4) is 0 Å². The van der Waals surface area contributed by atoms with Gasteiger partial charge in [-0.15, -0.1) is 9.24 Å². The smallest absolute Gasteiger partial charge is 0.147 e. The molecule has 0 aliphatic heterocycles. The second-order valence-electron chi connectivity index (χ2n) is 1.77. The van der Waals surface area contributed by atoms with Crippen molar-refractivity contribution in [3.63, 3.8) is 0 Å². The molecule has 2 nitrogen and oxygen atoms in total. The van der Waals surface area contributed by atoms with Gasteiger partial charge in [-0.1, -0.05) is 0 Å². The van der Waals surface area contributed by atoms with E-state index in [1.165, 1.54) is 6.26 Å². The molecule has 4 heteroatoms. The van der Waals surface area contributed by atoms with E-state index in [1.807, 2.05) is 0 Å². The molecule has 0 N–H and O–H groups in total. The number of hydrogen-bond donors (Lipinski definition) is 0. The highest BCUT2D eigenvalue weighted by Gasteiger charge is 1.97. The molecule has 50 valence electrons. The number of rotatable bonds is 3. The molecule has 0 aliphatic rings. The van der Waals surface area contributed by atoms with Gasteiger partial charge in [0.25, 0.3) is 0 Å². The predicted molar refractivity (Wildman–Crippen MR) is 38.9 cm³/mol. The Hall–Kier alpha value is 0.380. The van der Waals surface area contributed by atoms with E-state index >= 15 is 0 Å². The Morgan fingerprint density at radius 1 is 1.50 bits per heavy atom. The fraction of sp³-hybridized carbons (Fsp3) is 1.00. The van der Waals surface area contributed by atoms with Crippen LogP contribution in [0.3, 0.4) is 0 Å². The summed E-state index contributed by atoms with van der Waals surface area (Å²) in [5.74, 6) is 0.316. The van der Waals surface area contributed by atoms with Gasteiger partial charge in [0, 0.05) is 6.26 Å². The van der Waals surface area contributed by atoms with Crippen molar-refractivity contribution in [3.05, 3.63) is 0 Å². The van der Waals surface area contributed by atoms with Crippen LogP contribution in [0.25, 0.3) is 0 Å². The second-order valence-corrected chi connectivity index (χ2v) is 4.61. The van der Waals surface area contributed by atoms with Gasteiger partial charge in [0.05, 0.1) is 5.75 Å². The van der Waals surface area contributed by atoms with Crippen LogP contribution in [0.5, 0.6) is 0 Å². The van der Waals surface area contributed by atoms with E-state index in [0.717, 1.165) is 12.6 Å². The van der Waals surface area contributed by atoms with Crippen molar-refractivity contribution in [2.45, 2.75) is 6.42 Å². The van der Waals surface area contributed by atoms with Gasteiger partial charge >= 0.3 is 0 Å². The lowest BCUT2D eigenvalue weighted by molar-refractivity contribution is 0.600. The fourth-order valence-electron chi connectivity index (χ4n) is 0.346. The second kappa shape index (κ2) is 3.41. The largest absolute Gasteiger partial charge is 0.229 e. The van der Waals surface area contributed by atoms with Gasteiger partial charge in [0.15, 0.2) is 0 Å². The van der Waals surface area contributed by atoms with Crippen molar-refractivity contribution < 1.29 is 8.42 Å². The summed E-state index contributed by atoms with van der Waals surface area (Å²) < 4.78 is 20.8. The van der Waals surface area contributed by atoms with Crippen LogP contribution in [-0.4, -0.2) is 26.6 Å². The molecule has 0 amide bonds. The molecule has 8 heavy (non-hydrogen) atoms. The molecule has 0 saturated heterocycles. The van der Waals surface area contributed by atoms with Gasteiger partial charge in [0.2, 0.25) is 0 Å². The Labute approximate surface area is 52.8 Å². The molecule has 0 fully saturated rings. The van der Waals surface area contributed by atoms with Gasteiger partial charge in [-0.2, -0.15) is 0 Å². The summed E-state index contributed by atoms with van der Waals surface area (Å²) in [6, 6.07) is 0. The lowest BCUT2D eigenvalue weighted by Crippen LogP contribution is -2.02. The zero-order valence-corrected chi connectivity index (χ0v) is 6.89. The Kier molecular flexibility index (Phi) is 3.58. The maximum absolute atomic E-state index is 10.4. The first-order valence-corrected chi connectivity index (χ1v) is 5.32. The molecule has 0 rings (SSSR count). The summed E-state index contributed by atoms with van der Waals surface area (Å²) in [4.78, 5) is 0. The van der Waals surface area contributed by atoms with Gasteiger partial charge in [-0.25, -0.2) is 8.42 Å². The van der Waals surface area contributed by atoms with Gasteiger partial charge in [0.1, 0.15) is 9.84 Å². The predicted octanol–water partition coefficient (Wildman–Crippen LogP) is 0.296. The van der Waals surface area contributed by atoms with Crippen molar-refractivity contribution in [1.82, 2.24) is 0 Å². The van der Waals surface area contributed by atoms with E-state index in [4.69, 9.17) is 0 Å². The minimum atomic E-state index is -2.70. The van der Waals surface area contributed by atoms with E-state index < -0.39 is 9.84 Å². The zero-order valence-electron chi connectivity index (χ0n) is 4.92. The Bertz CT molecular complexity index is 138. The van der Waals surface area contributed by atoms with E-state index in [9.17, 15) is 8.42 Å². The summed E-state index contributed by atoms with van der Waals surface area (Å²) in [6.07, 6.45) is 2.88. The topological polar surface area (TPSA) is 34.1 Å². The molecule has 1 atom stereocenters. The highest BCUT2D eigenvalue weighted by molar-refractivity contribution is 7.90. The molecule has 0 heterocycles. The van der Waals surface area contributed by atoms with Crippen LogP contribution >= 0.6 is 9.24 Å². The minimum absolute atomic E-state index is 0.316. The third-order valence-electron chi connectivity index (χ3n) is 0.719. The Balaban J connectivity index is 3.42. The summed E-state index contributed by atoms with van der Waals surface area (Å²) >= 11 is 0. The van der Waals surface area contributed by atoms with Crippen LogP contribution < -0.4 is 0 Å². The Morgan fingerprint density at radius 2 is 2.00 bits per heavy atom. The highest BCUT2D eigenvalue weighted by Crippen LogP contribution is 1.91. The van der Waals surface area contributed by atoms with E-state index in [2.05, 4.69) is 9.24 Å². The third kappa shape index (κ3) is 6.38. The highest BCUT2D eigenvalue weighted by atomic mass is 32.2. The van der Waals surface area contributed by atoms with Gasteiger partial charge in [-0.05, 0) is 12.6 Å². The fourth-order valence-corrected chi connectivity index (χ4v) is 1.54. The maximum Gasteiger partial charge on any atom is 0.147 e. The summed E-state index contributed by atoms with van der Waals surface area (Å²) in [5, 5.41) is 0. The first kappa shape index (κ1) is 8.38. The molecule has 0 radical (unpaired) electrons. The minimum Gasteiger partial charge on any atom is -0.229 e. The van der Waals surface area contributed by atoms with Crippen LogP contribution in [0, 0.1) is 0 Å². The van der Waals surface area contributed by atoms with Gasteiger partial charge < -0.3 is 0 Å². The molecule has 0 aliphatic carbocycles. The molecule has 0 spiro atoms. The lowest BCUT2D eigenvalue weighted by Gasteiger charge is -1.91. The van der Waals surface area contributed by atoms with E-state index in [1.54, 1.807) is 0 Å². The molecular formula is C4H11O2PS. The quantitative estimate of drug-likeness (QED) is 0.548. The average Bonchev–Trinajstić information content (AvgIpc) is 1.59. The average molecular weight is 154 g/mol. The van der Waals surface area contributed by atoms with Crippen molar-refractivity contribution >= 4 is 19.1 Å². The Morgan fingerprint density at radius 3 is 2.12 bits per heavy atom. The van der Waals surface area contributed by atoms with Crippen molar-refractivity contribution in [1.29, 1.82) is 0 Å². The molecule has 0 aromatic rings. The van der Waals surface area contributed by atoms with E-state index in [0.29, 0.717) is 5.75 Å². The van der Waals surface area contributed by atoms with Crippen LogP contribution in [-0.2, 0) is 9.84 Å². The van der Waals surface area contributed by atoms with Gasteiger partial charge in [-0.3, -0.25) is 0 Å². The summed E-state index contributed by atoms with van der Waals surface area (Å²) in [6.45, 7) is 0. The molecule has 0 saturated carbocycles. The first-order valence-electron chi connectivity index (χ1n) is 2.44. The number of sulfone groups is 1.